The number of carbonyl (C=O) groups is 1. The molecule has 0 aliphatic carbocycles. The molecule has 1 amide bonds. The summed E-state index contributed by atoms with van der Waals surface area (Å²) in [6, 6.07) is 4.11. The number of nitrogens with one attached hydrogen (secondary N) is 1. The second-order valence-electron chi connectivity index (χ2n) is 8.10. The summed E-state index contributed by atoms with van der Waals surface area (Å²) in [6.45, 7) is 11.8. The third kappa shape index (κ3) is 4.77. The Kier molecular flexibility index (Phi) is 6.06. The molecule has 31 heavy (non-hydrogen) atoms. The summed E-state index contributed by atoms with van der Waals surface area (Å²) in [5, 5.41) is 7.67. The van der Waals surface area contributed by atoms with Gasteiger partial charge in [0.25, 0.3) is 5.91 Å². The Morgan fingerprint density at radius 2 is 1.84 bits per heavy atom. The molecule has 1 aliphatic heterocycles. The largest absolute Gasteiger partial charge is 0.372 e. The Labute approximate surface area is 185 Å². The number of carbonyl (C=O) groups excluding carboxylic acids is 1. The topological polar surface area (TPSA) is 93.4 Å². The smallest absolute Gasteiger partial charge is 0.274 e. The molecular formula is C22H27N5O3S. The van der Waals surface area contributed by atoms with Crippen LogP contribution < -0.4 is 10.2 Å². The summed E-state index contributed by atoms with van der Waals surface area (Å²) >= 11 is 1.64. The summed E-state index contributed by atoms with van der Waals surface area (Å²) in [5.74, 6) is -0.276. The van der Waals surface area contributed by atoms with E-state index in [2.05, 4.69) is 46.3 Å². The maximum Gasteiger partial charge on any atom is 0.274 e. The van der Waals surface area contributed by atoms with Crippen LogP contribution in [0.5, 0.6) is 0 Å². The first kappa shape index (κ1) is 21.5. The van der Waals surface area contributed by atoms with Gasteiger partial charge in [-0.25, -0.2) is 4.98 Å². The van der Waals surface area contributed by atoms with Crippen molar-refractivity contribution in [2.75, 3.05) is 18.0 Å². The van der Waals surface area contributed by atoms with E-state index >= 15 is 0 Å². The van der Waals surface area contributed by atoms with E-state index in [1.807, 2.05) is 13.8 Å². The van der Waals surface area contributed by atoms with Crippen LogP contribution in [0, 0.1) is 20.8 Å². The van der Waals surface area contributed by atoms with Gasteiger partial charge in [-0.15, -0.1) is 0 Å². The molecule has 4 heterocycles. The average Bonchev–Trinajstić information content (AvgIpc) is 3.31. The predicted octanol–water partition coefficient (Wildman–Crippen LogP) is 3.66. The summed E-state index contributed by atoms with van der Waals surface area (Å²) in [5.41, 5.74) is 4.78. The van der Waals surface area contributed by atoms with E-state index in [-0.39, 0.29) is 18.1 Å². The molecule has 164 valence electrons. The fraction of sp³-hybridized carbons (Fsp3) is 0.455. The number of anilines is 1. The monoisotopic (exact) mass is 441 g/mol. The Morgan fingerprint density at radius 1 is 1.16 bits per heavy atom. The van der Waals surface area contributed by atoms with Crippen molar-refractivity contribution in [3.8, 4) is 10.4 Å². The molecule has 3 aromatic heterocycles. The van der Waals surface area contributed by atoms with Crippen molar-refractivity contribution in [3.05, 3.63) is 46.7 Å². The summed E-state index contributed by atoms with van der Waals surface area (Å²) < 4.78 is 10.8. The number of aromatic nitrogens is 3. The number of hydrogen-bond acceptors (Lipinski definition) is 8. The van der Waals surface area contributed by atoms with Crippen LogP contribution in [-0.2, 0) is 11.3 Å². The molecule has 0 radical (unpaired) electrons. The second-order valence-corrected chi connectivity index (χ2v) is 9.08. The molecule has 4 rings (SSSR count). The van der Waals surface area contributed by atoms with Gasteiger partial charge in [-0.05, 0) is 52.3 Å². The molecule has 0 spiro atoms. The van der Waals surface area contributed by atoms with Crippen molar-refractivity contribution in [2.24, 2.45) is 0 Å². The molecular weight excluding hydrogens is 414 g/mol. The van der Waals surface area contributed by atoms with Crippen LogP contribution in [0.2, 0.25) is 0 Å². The third-order valence-electron chi connectivity index (χ3n) is 5.10. The fourth-order valence-electron chi connectivity index (χ4n) is 3.87. The number of amides is 1. The van der Waals surface area contributed by atoms with Gasteiger partial charge in [0.05, 0.1) is 29.3 Å². The van der Waals surface area contributed by atoms with Crippen molar-refractivity contribution in [1.82, 2.24) is 20.4 Å². The summed E-state index contributed by atoms with van der Waals surface area (Å²) in [7, 11) is 0. The van der Waals surface area contributed by atoms with Gasteiger partial charge in [0.1, 0.15) is 6.26 Å². The van der Waals surface area contributed by atoms with Crippen LogP contribution in [0.15, 0.2) is 22.9 Å². The van der Waals surface area contributed by atoms with Crippen LogP contribution in [0.1, 0.15) is 47.0 Å². The molecule has 0 bridgehead atoms. The molecule has 1 N–H and O–H groups in total. The highest BCUT2D eigenvalue weighted by molar-refractivity contribution is 7.19. The van der Waals surface area contributed by atoms with Crippen LogP contribution in [-0.4, -0.2) is 46.3 Å². The molecule has 3 aromatic rings. The zero-order chi connectivity index (χ0) is 22.1. The van der Waals surface area contributed by atoms with Crippen LogP contribution in [0.25, 0.3) is 10.4 Å². The number of nitrogens with zero attached hydrogens (tertiary/aromatic N) is 4. The number of aryl methyl sites for hydroxylation is 3. The zero-order valence-corrected chi connectivity index (χ0v) is 19.2. The Bertz CT molecular complexity index is 1060. The standard InChI is InChI=1S/C22H27N5O3S/c1-12-11-29-26-19(12)21(28)23-8-18-20(17-6-13(2)24-14(3)7-17)31-22(25-18)27-9-15(4)30-16(5)10-27/h6-7,11,15-16H,8-10H2,1-5H3,(H,23,28)/t15-,16+. The summed E-state index contributed by atoms with van der Waals surface area (Å²) in [6.07, 6.45) is 1.74. The highest BCUT2D eigenvalue weighted by Crippen LogP contribution is 2.36. The minimum Gasteiger partial charge on any atom is -0.372 e. The first-order valence-electron chi connectivity index (χ1n) is 10.3. The van der Waals surface area contributed by atoms with Crippen LogP contribution >= 0.6 is 11.3 Å². The molecule has 0 unspecified atom stereocenters. The Hall–Kier alpha value is -2.78. The lowest BCUT2D eigenvalue weighted by atomic mass is 10.1. The Morgan fingerprint density at radius 3 is 2.45 bits per heavy atom. The quantitative estimate of drug-likeness (QED) is 0.646. The minimum absolute atomic E-state index is 0.139. The molecule has 2 atom stereocenters. The average molecular weight is 442 g/mol. The van der Waals surface area contributed by atoms with E-state index in [4.69, 9.17) is 14.2 Å². The predicted molar refractivity (Wildman–Crippen MR) is 119 cm³/mol. The number of ether oxygens (including phenoxy) is 1. The van der Waals surface area contributed by atoms with Crippen molar-refractivity contribution < 1.29 is 14.1 Å². The molecule has 9 heteroatoms. The van der Waals surface area contributed by atoms with Crippen molar-refractivity contribution >= 4 is 22.4 Å². The number of thiazole rings is 1. The number of pyridine rings is 1. The maximum absolute atomic E-state index is 12.6. The molecule has 8 nitrogen and oxygen atoms in total. The van der Waals surface area contributed by atoms with E-state index in [9.17, 15) is 4.79 Å². The molecule has 1 aliphatic rings. The van der Waals surface area contributed by atoms with E-state index < -0.39 is 0 Å². The highest BCUT2D eigenvalue weighted by Gasteiger charge is 2.26. The number of rotatable bonds is 5. The van der Waals surface area contributed by atoms with Crippen LogP contribution in [0.3, 0.4) is 0 Å². The van der Waals surface area contributed by atoms with Gasteiger partial charge in [-0.3, -0.25) is 9.78 Å². The Balaban J connectivity index is 1.65. The molecule has 0 saturated carbocycles. The lowest BCUT2D eigenvalue weighted by Crippen LogP contribution is -2.45. The first-order valence-corrected chi connectivity index (χ1v) is 11.2. The molecule has 1 saturated heterocycles. The third-order valence-corrected chi connectivity index (χ3v) is 6.31. The van der Waals surface area contributed by atoms with Gasteiger partial charge in [-0.2, -0.15) is 0 Å². The first-order chi connectivity index (χ1) is 14.8. The van der Waals surface area contributed by atoms with Crippen molar-refractivity contribution in [2.45, 2.75) is 53.4 Å². The van der Waals surface area contributed by atoms with E-state index in [0.717, 1.165) is 45.7 Å². The summed E-state index contributed by atoms with van der Waals surface area (Å²) in [4.78, 5) is 25.3. The van der Waals surface area contributed by atoms with Gasteiger partial charge in [0, 0.05) is 30.0 Å². The van der Waals surface area contributed by atoms with Gasteiger partial charge in [0.15, 0.2) is 10.8 Å². The van der Waals surface area contributed by atoms with Gasteiger partial charge in [0.2, 0.25) is 0 Å². The van der Waals surface area contributed by atoms with Crippen LogP contribution in [0.4, 0.5) is 5.13 Å². The van der Waals surface area contributed by atoms with Gasteiger partial charge >= 0.3 is 0 Å². The molecule has 1 fully saturated rings. The lowest BCUT2D eigenvalue weighted by Gasteiger charge is -2.35. The fourth-order valence-corrected chi connectivity index (χ4v) is 4.96. The molecule has 0 aromatic carbocycles. The lowest BCUT2D eigenvalue weighted by molar-refractivity contribution is -0.00523. The SMILES string of the molecule is Cc1cc(-c2sc(N3C[C@@H](C)O[C@@H](C)C3)nc2CNC(=O)c2nocc2C)cc(C)n1. The number of morpholine rings is 1. The normalized spacial score (nSPS) is 18.9. The van der Waals surface area contributed by atoms with Gasteiger partial charge < -0.3 is 19.5 Å². The number of hydrogen-bond donors (Lipinski definition) is 1. The van der Waals surface area contributed by atoms with E-state index in [1.54, 1.807) is 18.3 Å². The van der Waals surface area contributed by atoms with Gasteiger partial charge in [-0.1, -0.05) is 16.5 Å². The zero-order valence-electron chi connectivity index (χ0n) is 18.4. The minimum atomic E-state index is -0.276. The van der Waals surface area contributed by atoms with E-state index in [0.29, 0.717) is 17.8 Å². The second kappa shape index (κ2) is 8.76. The van der Waals surface area contributed by atoms with E-state index in [1.165, 1.54) is 6.26 Å². The van der Waals surface area contributed by atoms with Crippen molar-refractivity contribution in [1.29, 1.82) is 0 Å². The van der Waals surface area contributed by atoms with Crippen molar-refractivity contribution in [3.63, 3.8) is 0 Å². The maximum atomic E-state index is 12.6. The highest BCUT2D eigenvalue weighted by atomic mass is 32.1.